The number of aliphatic hydroxyl groups is 1. The molecule has 0 aromatic heterocycles. The normalized spacial score (nSPS) is 12.9. The molecule has 1 amide bonds. The Kier molecular flexibility index (Phi) is 6.68. The number of carbonyl (C=O) groups is 1. The Morgan fingerprint density at radius 3 is 2.80 bits per heavy atom. The number of hydrogen-bond donors (Lipinski definition) is 2. The van der Waals surface area contributed by atoms with Crippen LogP contribution in [0.25, 0.3) is 6.08 Å². The number of benzene rings is 1. The van der Waals surface area contributed by atoms with Crippen LogP contribution in [0, 0.1) is 11.7 Å². The van der Waals surface area contributed by atoms with Gasteiger partial charge in [-0.05, 0) is 30.5 Å². The van der Waals surface area contributed by atoms with Crippen molar-refractivity contribution >= 4 is 23.6 Å². The van der Waals surface area contributed by atoms with Gasteiger partial charge in [-0.25, -0.2) is 4.39 Å². The van der Waals surface area contributed by atoms with Crippen LogP contribution in [-0.2, 0) is 4.79 Å². The molecule has 1 unspecified atom stereocenters. The van der Waals surface area contributed by atoms with Crippen molar-refractivity contribution in [1.82, 2.24) is 5.32 Å². The average Bonchev–Trinajstić information content (AvgIpc) is 2.35. The van der Waals surface area contributed by atoms with Gasteiger partial charge in [0.25, 0.3) is 0 Å². The molecule has 3 nitrogen and oxygen atoms in total. The second-order valence-corrected chi connectivity index (χ2v) is 5.40. The molecular weight excluding hydrogens is 281 g/mol. The van der Waals surface area contributed by atoms with Crippen molar-refractivity contribution < 1.29 is 14.3 Å². The van der Waals surface area contributed by atoms with Gasteiger partial charge in [0.05, 0.1) is 11.1 Å². The third-order valence-corrected chi connectivity index (χ3v) is 2.99. The van der Waals surface area contributed by atoms with Crippen LogP contribution in [0.1, 0.15) is 25.8 Å². The van der Waals surface area contributed by atoms with E-state index < -0.39 is 17.8 Å². The van der Waals surface area contributed by atoms with E-state index >= 15 is 0 Å². The first-order chi connectivity index (χ1) is 9.40. The summed E-state index contributed by atoms with van der Waals surface area (Å²) in [5.41, 5.74) is 0.173. The van der Waals surface area contributed by atoms with Gasteiger partial charge in [-0.2, -0.15) is 0 Å². The van der Waals surface area contributed by atoms with Gasteiger partial charge in [-0.3, -0.25) is 4.79 Å². The Morgan fingerprint density at radius 1 is 1.50 bits per heavy atom. The van der Waals surface area contributed by atoms with Crippen molar-refractivity contribution in [3.8, 4) is 0 Å². The molecule has 2 N–H and O–H groups in total. The largest absolute Gasteiger partial charge is 0.391 e. The van der Waals surface area contributed by atoms with E-state index in [1.165, 1.54) is 24.3 Å². The maximum Gasteiger partial charge on any atom is 0.244 e. The fourth-order valence-electron chi connectivity index (χ4n) is 1.73. The lowest BCUT2D eigenvalue weighted by atomic mass is 10.1. The molecule has 0 bridgehead atoms. The molecule has 20 heavy (non-hydrogen) atoms. The lowest BCUT2D eigenvalue weighted by Gasteiger charge is -2.12. The van der Waals surface area contributed by atoms with E-state index in [1.807, 2.05) is 13.8 Å². The number of carbonyl (C=O) groups excluding carboxylic acids is 1. The summed E-state index contributed by atoms with van der Waals surface area (Å²) in [6.45, 7) is 4.16. The Morgan fingerprint density at radius 2 is 2.20 bits per heavy atom. The number of aliphatic hydroxyl groups excluding tert-OH is 1. The molecule has 1 rings (SSSR count). The van der Waals surface area contributed by atoms with Gasteiger partial charge in [0, 0.05) is 18.2 Å². The molecule has 5 heteroatoms. The van der Waals surface area contributed by atoms with Gasteiger partial charge < -0.3 is 10.4 Å². The van der Waals surface area contributed by atoms with Gasteiger partial charge in [-0.1, -0.05) is 31.5 Å². The first kappa shape index (κ1) is 16.7. The molecule has 0 aliphatic heterocycles. The van der Waals surface area contributed by atoms with Gasteiger partial charge in [0.15, 0.2) is 0 Å². The smallest absolute Gasteiger partial charge is 0.244 e. The summed E-state index contributed by atoms with van der Waals surface area (Å²) in [7, 11) is 0. The SMILES string of the molecule is CC(C)CC(O)CNC(=O)/C=C/c1c(F)cccc1Cl. The van der Waals surface area contributed by atoms with E-state index in [9.17, 15) is 14.3 Å². The second-order valence-electron chi connectivity index (χ2n) is 5.00. The van der Waals surface area contributed by atoms with Crippen LogP contribution < -0.4 is 5.32 Å². The Bertz CT molecular complexity index is 469. The summed E-state index contributed by atoms with van der Waals surface area (Å²) in [6, 6.07) is 4.32. The van der Waals surface area contributed by atoms with Crippen molar-refractivity contribution in [2.24, 2.45) is 5.92 Å². The summed E-state index contributed by atoms with van der Waals surface area (Å²) >= 11 is 5.83. The molecule has 0 aliphatic carbocycles. The standard InChI is InChI=1S/C15H19ClFNO2/c1-10(2)8-11(19)9-18-15(20)7-6-12-13(16)4-3-5-14(12)17/h3-7,10-11,19H,8-9H2,1-2H3,(H,18,20)/b7-6+. The lowest BCUT2D eigenvalue weighted by molar-refractivity contribution is -0.116. The van der Waals surface area contributed by atoms with Crippen LogP contribution in [-0.4, -0.2) is 23.7 Å². The molecule has 0 saturated carbocycles. The lowest BCUT2D eigenvalue weighted by Crippen LogP contribution is -2.31. The molecule has 0 radical (unpaired) electrons. The molecule has 1 atom stereocenters. The first-order valence-corrected chi connectivity index (χ1v) is 6.86. The zero-order valence-corrected chi connectivity index (χ0v) is 12.3. The van der Waals surface area contributed by atoms with E-state index in [0.717, 1.165) is 0 Å². The Labute approximate surface area is 123 Å². The maximum absolute atomic E-state index is 13.5. The van der Waals surface area contributed by atoms with E-state index in [-0.39, 0.29) is 17.1 Å². The van der Waals surface area contributed by atoms with Crippen molar-refractivity contribution in [2.45, 2.75) is 26.4 Å². The highest BCUT2D eigenvalue weighted by Gasteiger charge is 2.08. The van der Waals surface area contributed by atoms with Crippen LogP contribution in [0.15, 0.2) is 24.3 Å². The summed E-state index contributed by atoms with van der Waals surface area (Å²) in [5, 5.41) is 12.4. The molecule has 0 fully saturated rings. The highest BCUT2D eigenvalue weighted by atomic mass is 35.5. The summed E-state index contributed by atoms with van der Waals surface area (Å²) in [6.07, 6.45) is 2.56. The molecule has 0 heterocycles. The van der Waals surface area contributed by atoms with Crippen LogP contribution in [0.2, 0.25) is 5.02 Å². The minimum atomic E-state index is -0.579. The fraction of sp³-hybridized carbons (Fsp3) is 0.400. The Balaban J connectivity index is 2.52. The van der Waals surface area contributed by atoms with Gasteiger partial charge >= 0.3 is 0 Å². The first-order valence-electron chi connectivity index (χ1n) is 6.48. The maximum atomic E-state index is 13.5. The van der Waals surface area contributed by atoms with E-state index in [1.54, 1.807) is 6.07 Å². The topological polar surface area (TPSA) is 49.3 Å². The van der Waals surface area contributed by atoms with Crippen molar-refractivity contribution in [3.63, 3.8) is 0 Å². The number of halogens is 2. The molecule has 0 aliphatic rings. The summed E-state index contributed by atoms with van der Waals surface area (Å²) in [5.74, 6) is -0.525. The zero-order valence-electron chi connectivity index (χ0n) is 11.6. The zero-order chi connectivity index (χ0) is 15.1. The van der Waals surface area contributed by atoms with Gasteiger partial charge in [-0.15, -0.1) is 0 Å². The van der Waals surface area contributed by atoms with E-state index in [4.69, 9.17) is 11.6 Å². The molecule has 0 saturated heterocycles. The quantitative estimate of drug-likeness (QED) is 0.793. The highest BCUT2D eigenvalue weighted by molar-refractivity contribution is 6.32. The third-order valence-electron chi connectivity index (χ3n) is 2.66. The second kappa shape index (κ2) is 8.02. The molecule has 1 aromatic rings. The van der Waals surface area contributed by atoms with Crippen LogP contribution in [0.4, 0.5) is 4.39 Å². The molecule has 110 valence electrons. The minimum absolute atomic E-state index is 0.173. The van der Waals surface area contributed by atoms with Crippen LogP contribution >= 0.6 is 11.6 Å². The summed E-state index contributed by atoms with van der Waals surface area (Å²) in [4.78, 5) is 11.6. The van der Waals surface area contributed by atoms with E-state index in [0.29, 0.717) is 12.3 Å². The summed E-state index contributed by atoms with van der Waals surface area (Å²) < 4.78 is 13.5. The third kappa shape index (κ3) is 5.72. The number of hydrogen-bond acceptors (Lipinski definition) is 2. The molecule has 1 aromatic carbocycles. The van der Waals surface area contributed by atoms with Crippen molar-refractivity contribution in [3.05, 3.63) is 40.7 Å². The van der Waals surface area contributed by atoms with Crippen LogP contribution in [0.5, 0.6) is 0 Å². The highest BCUT2D eigenvalue weighted by Crippen LogP contribution is 2.20. The number of nitrogens with one attached hydrogen (secondary N) is 1. The molecule has 0 spiro atoms. The minimum Gasteiger partial charge on any atom is -0.391 e. The number of rotatable bonds is 6. The fourth-order valence-corrected chi connectivity index (χ4v) is 1.96. The predicted molar refractivity (Wildman–Crippen MR) is 78.9 cm³/mol. The van der Waals surface area contributed by atoms with Gasteiger partial charge in [0.1, 0.15) is 5.82 Å². The van der Waals surface area contributed by atoms with Crippen LogP contribution in [0.3, 0.4) is 0 Å². The molecular formula is C15H19ClFNO2. The average molecular weight is 300 g/mol. The predicted octanol–water partition coefficient (Wildman–Crippen LogP) is 3.02. The monoisotopic (exact) mass is 299 g/mol. The van der Waals surface area contributed by atoms with E-state index in [2.05, 4.69) is 5.32 Å². The van der Waals surface area contributed by atoms with Gasteiger partial charge in [0.2, 0.25) is 5.91 Å². The Hall–Kier alpha value is -1.39. The van der Waals surface area contributed by atoms with Crippen molar-refractivity contribution in [1.29, 1.82) is 0 Å². The number of amides is 1. The van der Waals surface area contributed by atoms with Crippen molar-refractivity contribution in [2.75, 3.05) is 6.54 Å².